The molecule has 1 saturated heterocycles. The van der Waals surface area contributed by atoms with Crippen LogP contribution in [0.5, 0.6) is 0 Å². The van der Waals surface area contributed by atoms with Crippen LogP contribution < -0.4 is 15.6 Å². The Bertz CT molecular complexity index is 1800. The number of halogens is 4. The highest BCUT2D eigenvalue weighted by Gasteiger charge is 2.32. The van der Waals surface area contributed by atoms with Crippen molar-refractivity contribution in [3.63, 3.8) is 0 Å². The molecule has 2 aliphatic rings. The lowest BCUT2D eigenvalue weighted by Gasteiger charge is -2.24. The van der Waals surface area contributed by atoms with Crippen LogP contribution in [0.2, 0.25) is 15.1 Å². The minimum atomic E-state index is -1.36. The Morgan fingerprint density at radius 1 is 1.20 bits per heavy atom. The number of nitrogens with zero attached hydrogens (tertiary/aromatic N) is 5. The quantitative estimate of drug-likeness (QED) is 0.186. The fourth-order valence-corrected chi connectivity index (χ4v) is 7.04. The third-order valence-electron chi connectivity index (χ3n) is 7.77. The van der Waals surface area contributed by atoms with Crippen LogP contribution in [0.3, 0.4) is 0 Å². The number of hydrogen-bond acceptors (Lipinski definition) is 8. The first-order chi connectivity index (χ1) is 21.1. The lowest BCUT2D eigenvalue weighted by molar-refractivity contribution is 0.0694. The summed E-state index contributed by atoms with van der Waals surface area (Å²) >= 11 is 20.3. The van der Waals surface area contributed by atoms with Crippen molar-refractivity contribution in [1.29, 1.82) is 0 Å². The topological polar surface area (TPSA) is 126 Å². The van der Waals surface area contributed by atoms with Gasteiger partial charge in [0.25, 0.3) is 0 Å². The molecule has 0 bridgehead atoms. The highest BCUT2D eigenvalue weighted by atomic mass is 35.5. The minimum Gasteiger partial charge on any atom is -0.477 e. The molecule has 0 spiro atoms. The molecule has 4 aromatic rings. The van der Waals surface area contributed by atoms with Gasteiger partial charge in [0.15, 0.2) is 0 Å². The van der Waals surface area contributed by atoms with Gasteiger partial charge in [-0.2, -0.15) is 0 Å². The number of anilines is 1. The zero-order valence-electron chi connectivity index (χ0n) is 23.2. The summed E-state index contributed by atoms with van der Waals surface area (Å²) in [6, 6.07) is 6.38. The maximum atomic E-state index is 15.4. The maximum absolute atomic E-state index is 15.4. The van der Waals surface area contributed by atoms with E-state index in [1.165, 1.54) is 18.0 Å². The van der Waals surface area contributed by atoms with Gasteiger partial charge >= 0.3 is 5.97 Å². The molecule has 0 radical (unpaired) electrons. The summed E-state index contributed by atoms with van der Waals surface area (Å²) < 4.78 is 18.8. The highest BCUT2D eigenvalue weighted by Crippen LogP contribution is 2.42. The molecule has 2 atom stereocenters. The van der Waals surface area contributed by atoms with Crippen molar-refractivity contribution in [2.75, 3.05) is 30.3 Å². The summed E-state index contributed by atoms with van der Waals surface area (Å²) in [5, 5.41) is 29.6. The van der Waals surface area contributed by atoms with E-state index in [-0.39, 0.29) is 28.2 Å². The zero-order chi connectivity index (χ0) is 31.1. The van der Waals surface area contributed by atoms with Crippen molar-refractivity contribution in [3.05, 3.63) is 79.0 Å². The second-order valence-corrected chi connectivity index (χ2v) is 13.2. The summed E-state index contributed by atoms with van der Waals surface area (Å²) in [6.07, 6.45) is 4.60. The van der Waals surface area contributed by atoms with Crippen LogP contribution in [-0.4, -0.2) is 73.0 Å². The van der Waals surface area contributed by atoms with Gasteiger partial charge in [0.05, 0.1) is 34.3 Å². The van der Waals surface area contributed by atoms with E-state index in [0.717, 1.165) is 24.5 Å². The van der Waals surface area contributed by atoms with E-state index in [0.29, 0.717) is 59.1 Å². The second kappa shape index (κ2) is 12.9. The number of carboxylic acids is 1. The lowest BCUT2D eigenvalue weighted by atomic mass is 10.1. The van der Waals surface area contributed by atoms with Crippen LogP contribution >= 0.6 is 46.6 Å². The lowest BCUT2D eigenvalue weighted by Crippen LogP contribution is -2.38. The molecule has 3 N–H and O–H groups in total. The first-order valence-corrected chi connectivity index (χ1v) is 16.1. The summed E-state index contributed by atoms with van der Waals surface area (Å²) in [5.74, 6) is -1.66. The molecule has 0 amide bonds. The molecule has 2 unspecified atom stereocenters. The molecular weight excluding hydrogens is 654 g/mol. The molecule has 2 aromatic heterocycles. The summed E-state index contributed by atoms with van der Waals surface area (Å²) in [4.78, 5) is 30.6. The molecule has 15 heteroatoms. The van der Waals surface area contributed by atoms with Gasteiger partial charge in [0, 0.05) is 53.7 Å². The van der Waals surface area contributed by atoms with Crippen LogP contribution in [0.1, 0.15) is 41.2 Å². The van der Waals surface area contributed by atoms with Gasteiger partial charge in [-0.15, -0.1) is 5.10 Å². The molecular formula is C29H28Cl3FN6O4S. The Morgan fingerprint density at radius 2 is 2.00 bits per heavy atom. The average molecular weight is 682 g/mol. The normalized spacial score (nSPS) is 17.5. The Morgan fingerprint density at radius 3 is 2.73 bits per heavy atom. The predicted molar refractivity (Wildman–Crippen MR) is 169 cm³/mol. The van der Waals surface area contributed by atoms with Gasteiger partial charge in [0.2, 0.25) is 10.6 Å². The number of thioether (sulfide) groups is 1. The number of pyridine rings is 1. The number of carbonyl (C=O) groups is 1. The molecule has 6 rings (SSSR count). The Balaban J connectivity index is 1.06. The molecule has 44 heavy (non-hydrogen) atoms. The van der Waals surface area contributed by atoms with E-state index in [2.05, 4.69) is 15.4 Å². The number of benzene rings is 2. The van der Waals surface area contributed by atoms with Gasteiger partial charge in [-0.3, -0.25) is 4.79 Å². The summed E-state index contributed by atoms with van der Waals surface area (Å²) in [5.41, 5.74) is 0.260. The van der Waals surface area contributed by atoms with E-state index in [4.69, 9.17) is 34.8 Å². The van der Waals surface area contributed by atoms with Crippen LogP contribution in [0.15, 0.2) is 46.7 Å². The van der Waals surface area contributed by atoms with Gasteiger partial charge < -0.3 is 25.0 Å². The number of aromatic carboxylic acids is 1. The molecule has 1 saturated carbocycles. The highest BCUT2D eigenvalue weighted by molar-refractivity contribution is 7.99. The zero-order valence-corrected chi connectivity index (χ0v) is 26.3. The van der Waals surface area contributed by atoms with E-state index < -0.39 is 28.9 Å². The largest absolute Gasteiger partial charge is 0.477 e. The van der Waals surface area contributed by atoms with Crippen LogP contribution in [-0.2, 0) is 6.54 Å². The van der Waals surface area contributed by atoms with Crippen LogP contribution in [0.4, 0.5) is 10.1 Å². The molecule has 10 nitrogen and oxygen atoms in total. The van der Waals surface area contributed by atoms with E-state index in [1.807, 2.05) is 11.0 Å². The van der Waals surface area contributed by atoms with Crippen molar-refractivity contribution in [2.24, 2.45) is 0 Å². The number of hydrogen-bond donors (Lipinski definition) is 3. The Hall–Kier alpha value is -2.87. The molecule has 2 fully saturated rings. The van der Waals surface area contributed by atoms with E-state index >= 15 is 4.39 Å². The van der Waals surface area contributed by atoms with Crippen molar-refractivity contribution < 1.29 is 19.4 Å². The van der Waals surface area contributed by atoms with Gasteiger partial charge in [-0.05, 0) is 43.0 Å². The van der Waals surface area contributed by atoms with Gasteiger partial charge in [-0.1, -0.05) is 52.6 Å². The standard InChI is InChI=1S/C29H28Cl3FN6O4S/c30-16-2-1-15(22(31)7-16)10-38-14-35-29(36-38)44-13-19(40)9-34-17-5-6-37(11-17)26-23(33)8-20-25(24(26)32)39(18-3-4-18)12-21(27(20)41)28(42)43/h1-2,7-8,12,14,17-19,34,40H,3-6,9-11,13H2,(H,42,43). The Kier molecular flexibility index (Phi) is 9.10. The third-order valence-corrected chi connectivity index (χ3v) is 9.71. The number of carboxylic acid groups (broad SMARTS) is 1. The summed E-state index contributed by atoms with van der Waals surface area (Å²) in [6.45, 7) is 1.72. The summed E-state index contributed by atoms with van der Waals surface area (Å²) in [7, 11) is 0. The predicted octanol–water partition coefficient (Wildman–Crippen LogP) is 5.10. The van der Waals surface area contributed by atoms with Crippen molar-refractivity contribution >= 4 is 69.1 Å². The van der Waals surface area contributed by atoms with E-state index in [9.17, 15) is 19.8 Å². The molecule has 1 aliphatic carbocycles. The molecule has 2 aromatic carbocycles. The Labute approximate surface area is 270 Å². The van der Waals surface area contributed by atoms with Gasteiger partial charge in [-0.25, -0.2) is 18.9 Å². The number of rotatable bonds is 11. The number of nitrogens with one attached hydrogen (secondary N) is 1. The minimum absolute atomic E-state index is 0.0188. The van der Waals surface area contributed by atoms with Gasteiger partial charge in [0.1, 0.15) is 17.7 Å². The molecule has 1 aliphatic heterocycles. The number of aliphatic hydroxyl groups is 1. The molecule has 3 heterocycles. The number of aromatic nitrogens is 4. The fraction of sp³-hybridized carbons (Fsp3) is 0.379. The second-order valence-electron chi connectivity index (χ2n) is 11.0. The average Bonchev–Trinajstić information content (AvgIpc) is 3.55. The van der Waals surface area contributed by atoms with E-state index in [1.54, 1.807) is 27.7 Å². The van der Waals surface area contributed by atoms with Crippen LogP contribution in [0.25, 0.3) is 10.9 Å². The monoisotopic (exact) mass is 680 g/mol. The maximum Gasteiger partial charge on any atom is 0.341 e. The van der Waals surface area contributed by atoms with Crippen molar-refractivity contribution in [1.82, 2.24) is 24.6 Å². The van der Waals surface area contributed by atoms with Crippen molar-refractivity contribution in [2.45, 2.75) is 49.2 Å². The first kappa shape index (κ1) is 31.1. The van der Waals surface area contributed by atoms with Crippen LogP contribution in [0, 0.1) is 5.82 Å². The third kappa shape index (κ3) is 6.56. The number of aliphatic hydroxyl groups excluding tert-OH is 1. The van der Waals surface area contributed by atoms with Crippen molar-refractivity contribution in [3.8, 4) is 0 Å². The first-order valence-electron chi connectivity index (χ1n) is 14.0. The molecule has 232 valence electrons. The SMILES string of the molecule is O=C(O)c1cn(C2CC2)c2c(Cl)c(N3CCC(NCC(O)CSc4ncn(Cc5ccc(Cl)cc5Cl)n4)C3)c(F)cc2c1=O. The number of fused-ring (bicyclic) bond motifs is 1. The smallest absolute Gasteiger partial charge is 0.341 e. The fourth-order valence-electron chi connectivity index (χ4n) is 5.42.